The fourth-order valence-corrected chi connectivity index (χ4v) is 3.38. The summed E-state index contributed by atoms with van der Waals surface area (Å²) < 4.78 is 0. The van der Waals surface area contributed by atoms with Gasteiger partial charge in [-0.25, -0.2) is 0 Å². The van der Waals surface area contributed by atoms with E-state index in [9.17, 15) is 4.79 Å². The molecule has 0 radical (unpaired) electrons. The molecule has 1 aliphatic rings. The molecule has 2 aromatic carbocycles. The maximum atomic E-state index is 12.6. The van der Waals surface area contributed by atoms with Gasteiger partial charge in [0.1, 0.15) is 0 Å². The van der Waals surface area contributed by atoms with Gasteiger partial charge >= 0.3 is 0 Å². The molecule has 4 nitrogen and oxygen atoms in total. The van der Waals surface area contributed by atoms with Crippen molar-refractivity contribution in [2.75, 3.05) is 17.2 Å². The van der Waals surface area contributed by atoms with Crippen LogP contribution in [0, 0.1) is 6.92 Å². The molecule has 0 atom stereocenters. The fourth-order valence-electron chi connectivity index (χ4n) is 3.38. The lowest BCUT2D eigenvalue weighted by molar-refractivity contribution is 0.102. The second-order valence-corrected chi connectivity index (χ2v) is 6.60. The van der Waals surface area contributed by atoms with E-state index in [2.05, 4.69) is 22.5 Å². The maximum Gasteiger partial charge on any atom is 0.257 e. The first-order chi connectivity index (χ1) is 12.7. The number of nitrogens with one attached hydrogen (secondary N) is 2. The van der Waals surface area contributed by atoms with Crippen LogP contribution in [-0.4, -0.2) is 17.4 Å². The summed E-state index contributed by atoms with van der Waals surface area (Å²) in [4.78, 5) is 17.0. The van der Waals surface area contributed by atoms with Crippen molar-refractivity contribution in [2.45, 2.75) is 19.8 Å². The topological polar surface area (TPSA) is 54.0 Å². The second kappa shape index (κ2) is 7.00. The standard InChI is InChI=1S/C22H21N3O/c1-15-12-18(13-21-19(15)8-5-11-23-21)25-22(26)17-9-10-20(24-14-17)16-6-3-2-4-7-16/h2-4,6-7,9-10,12-14,23H,5,8,11H2,1H3,(H,25,26). The fraction of sp³-hybridized carbons (Fsp3) is 0.182. The number of rotatable bonds is 3. The average molecular weight is 343 g/mol. The number of nitrogens with zero attached hydrogens (tertiary/aromatic N) is 1. The van der Waals surface area contributed by atoms with Gasteiger partial charge in [-0.3, -0.25) is 9.78 Å². The summed E-state index contributed by atoms with van der Waals surface area (Å²) in [7, 11) is 0. The van der Waals surface area contributed by atoms with Crippen LogP contribution in [0.1, 0.15) is 27.9 Å². The normalized spacial score (nSPS) is 12.8. The Hall–Kier alpha value is -3.14. The van der Waals surface area contributed by atoms with Crippen LogP contribution in [0.4, 0.5) is 11.4 Å². The summed E-state index contributed by atoms with van der Waals surface area (Å²) in [5.41, 5.74) is 6.95. The van der Waals surface area contributed by atoms with Crippen molar-refractivity contribution in [1.82, 2.24) is 4.98 Å². The molecule has 26 heavy (non-hydrogen) atoms. The van der Waals surface area contributed by atoms with Gasteiger partial charge in [0.15, 0.2) is 0 Å². The van der Waals surface area contributed by atoms with E-state index in [1.54, 1.807) is 6.20 Å². The van der Waals surface area contributed by atoms with Gasteiger partial charge in [-0.1, -0.05) is 30.3 Å². The monoisotopic (exact) mass is 343 g/mol. The van der Waals surface area contributed by atoms with Crippen molar-refractivity contribution in [3.63, 3.8) is 0 Å². The first-order valence-electron chi connectivity index (χ1n) is 8.91. The van der Waals surface area contributed by atoms with Crippen LogP contribution >= 0.6 is 0 Å². The van der Waals surface area contributed by atoms with Crippen molar-refractivity contribution in [2.24, 2.45) is 0 Å². The summed E-state index contributed by atoms with van der Waals surface area (Å²) in [6.45, 7) is 3.08. The molecule has 1 aromatic heterocycles. The molecular weight excluding hydrogens is 322 g/mol. The zero-order chi connectivity index (χ0) is 17.9. The van der Waals surface area contributed by atoms with E-state index >= 15 is 0 Å². The zero-order valence-electron chi connectivity index (χ0n) is 14.8. The Bertz CT molecular complexity index is 934. The van der Waals surface area contributed by atoms with Gasteiger partial charge in [-0.05, 0) is 55.2 Å². The number of aryl methyl sites for hydroxylation is 1. The van der Waals surface area contributed by atoms with Crippen LogP contribution in [0.5, 0.6) is 0 Å². The molecule has 130 valence electrons. The summed E-state index contributed by atoms with van der Waals surface area (Å²) in [5, 5.41) is 6.41. The molecule has 2 N–H and O–H groups in total. The largest absolute Gasteiger partial charge is 0.385 e. The van der Waals surface area contributed by atoms with E-state index < -0.39 is 0 Å². The smallest absolute Gasteiger partial charge is 0.257 e. The number of hydrogen-bond donors (Lipinski definition) is 2. The Morgan fingerprint density at radius 2 is 1.96 bits per heavy atom. The van der Waals surface area contributed by atoms with E-state index in [1.165, 1.54) is 11.1 Å². The van der Waals surface area contributed by atoms with Crippen molar-refractivity contribution >= 4 is 17.3 Å². The van der Waals surface area contributed by atoms with E-state index in [-0.39, 0.29) is 5.91 Å². The van der Waals surface area contributed by atoms with Crippen LogP contribution in [0.25, 0.3) is 11.3 Å². The van der Waals surface area contributed by atoms with Gasteiger partial charge in [0.2, 0.25) is 0 Å². The highest BCUT2D eigenvalue weighted by Crippen LogP contribution is 2.29. The van der Waals surface area contributed by atoms with Crippen molar-refractivity contribution in [3.05, 3.63) is 77.5 Å². The van der Waals surface area contributed by atoms with Crippen LogP contribution < -0.4 is 10.6 Å². The van der Waals surface area contributed by atoms with Crippen molar-refractivity contribution in [3.8, 4) is 11.3 Å². The minimum absolute atomic E-state index is 0.146. The highest BCUT2D eigenvalue weighted by atomic mass is 16.1. The number of carbonyl (C=O) groups is 1. The van der Waals surface area contributed by atoms with Gasteiger partial charge in [0, 0.05) is 29.7 Å². The van der Waals surface area contributed by atoms with Crippen LogP contribution in [0.15, 0.2) is 60.8 Å². The Balaban J connectivity index is 1.52. The third-order valence-electron chi connectivity index (χ3n) is 4.75. The van der Waals surface area contributed by atoms with Gasteiger partial charge in [-0.2, -0.15) is 0 Å². The summed E-state index contributed by atoms with van der Waals surface area (Å²) >= 11 is 0. The zero-order valence-corrected chi connectivity index (χ0v) is 14.8. The Kier molecular flexibility index (Phi) is 4.40. The lowest BCUT2D eigenvalue weighted by Gasteiger charge is -2.21. The van der Waals surface area contributed by atoms with Crippen molar-refractivity contribution < 1.29 is 4.79 Å². The molecule has 0 unspecified atom stereocenters. The average Bonchev–Trinajstić information content (AvgIpc) is 2.69. The number of fused-ring (bicyclic) bond motifs is 1. The molecule has 0 spiro atoms. The molecule has 2 heterocycles. The molecule has 0 aliphatic carbocycles. The minimum atomic E-state index is -0.146. The van der Waals surface area contributed by atoms with E-state index in [1.807, 2.05) is 54.6 Å². The predicted molar refractivity (Wildman–Crippen MR) is 106 cm³/mol. The first kappa shape index (κ1) is 16.3. The SMILES string of the molecule is Cc1cc(NC(=O)c2ccc(-c3ccccc3)nc2)cc2c1CCCN2. The number of hydrogen-bond acceptors (Lipinski definition) is 3. The first-order valence-corrected chi connectivity index (χ1v) is 8.91. The molecule has 0 saturated carbocycles. The third-order valence-corrected chi connectivity index (χ3v) is 4.75. The highest BCUT2D eigenvalue weighted by molar-refractivity contribution is 6.04. The Morgan fingerprint density at radius 1 is 1.12 bits per heavy atom. The lowest BCUT2D eigenvalue weighted by Crippen LogP contribution is -2.16. The maximum absolute atomic E-state index is 12.6. The third kappa shape index (κ3) is 3.31. The number of amides is 1. The molecule has 1 amide bonds. The van der Waals surface area contributed by atoms with Gasteiger partial charge in [0.25, 0.3) is 5.91 Å². The van der Waals surface area contributed by atoms with E-state index in [0.29, 0.717) is 5.56 Å². The van der Waals surface area contributed by atoms with E-state index in [4.69, 9.17) is 0 Å². The number of benzene rings is 2. The molecular formula is C22H21N3O. The van der Waals surface area contributed by atoms with Gasteiger partial charge < -0.3 is 10.6 Å². The molecule has 0 bridgehead atoms. The summed E-state index contributed by atoms with van der Waals surface area (Å²) in [6, 6.07) is 17.7. The Labute approximate surface area is 153 Å². The molecule has 3 aromatic rings. The molecule has 0 saturated heterocycles. The van der Waals surface area contributed by atoms with Crippen LogP contribution in [0.3, 0.4) is 0 Å². The van der Waals surface area contributed by atoms with Gasteiger partial charge in [0.05, 0.1) is 11.3 Å². The number of carbonyl (C=O) groups excluding carboxylic acids is 1. The second-order valence-electron chi connectivity index (χ2n) is 6.60. The molecule has 0 fully saturated rings. The number of pyridine rings is 1. The minimum Gasteiger partial charge on any atom is -0.385 e. The predicted octanol–water partition coefficient (Wildman–Crippen LogP) is 4.67. The van der Waals surface area contributed by atoms with Crippen LogP contribution in [-0.2, 0) is 6.42 Å². The van der Waals surface area contributed by atoms with E-state index in [0.717, 1.165) is 42.0 Å². The summed E-state index contributed by atoms with van der Waals surface area (Å²) in [6.07, 6.45) is 3.87. The lowest BCUT2D eigenvalue weighted by atomic mass is 9.97. The summed E-state index contributed by atoms with van der Waals surface area (Å²) in [5.74, 6) is -0.146. The van der Waals surface area contributed by atoms with Gasteiger partial charge in [-0.15, -0.1) is 0 Å². The highest BCUT2D eigenvalue weighted by Gasteiger charge is 2.14. The van der Waals surface area contributed by atoms with Crippen molar-refractivity contribution in [1.29, 1.82) is 0 Å². The molecule has 4 heteroatoms. The molecule has 4 rings (SSSR count). The Morgan fingerprint density at radius 3 is 2.73 bits per heavy atom. The van der Waals surface area contributed by atoms with Crippen LogP contribution in [0.2, 0.25) is 0 Å². The number of anilines is 2. The molecule has 1 aliphatic heterocycles. The number of aromatic nitrogens is 1. The quantitative estimate of drug-likeness (QED) is 0.727.